The van der Waals surface area contributed by atoms with Gasteiger partial charge >= 0.3 is 5.97 Å². The van der Waals surface area contributed by atoms with Crippen molar-refractivity contribution in [1.82, 2.24) is 5.32 Å². The van der Waals surface area contributed by atoms with E-state index < -0.39 is 17.4 Å². The lowest BCUT2D eigenvalue weighted by molar-refractivity contribution is -0.141. The molecule has 0 aliphatic carbocycles. The molecule has 4 aromatic rings. The van der Waals surface area contributed by atoms with Gasteiger partial charge in [0.05, 0.1) is 19.1 Å². The molecule has 0 spiro atoms. The summed E-state index contributed by atoms with van der Waals surface area (Å²) >= 11 is 6.30. The molecule has 0 aromatic heterocycles. The third kappa shape index (κ3) is 8.02. The van der Waals surface area contributed by atoms with Crippen molar-refractivity contribution in [3.8, 4) is 5.75 Å². The summed E-state index contributed by atoms with van der Waals surface area (Å²) in [5.74, 6) is -0.104. The zero-order valence-electron chi connectivity index (χ0n) is 24.4. The third-order valence-corrected chi connectivity index (χ3v) is 7.49. The van der Waals surface area contributed by atoms with Gasteiger partial charge in [0.2, 0.25) is 5.91 Å². The van der Waals surface area contributed by atoms with Crippen LogP contribution in [0.5, 0.6) is 5.75 Å². The molecule has 7 nitrogen and oxygen atoms in total. The minimum absolute atomic E-state index is 0.141. The molecule has 0 saturated heterocycles. The second-order valence-corrected chi connectivity index (χ2v) is 10.9. The largest absolute Gasteiger partial charge is 0.492 e. The van der Waals surface area contributed by atoms with E-state index in [0.717, 1.165) is 11.1 Å². The SMILES string of the molecule is COC(=O)C(Cc1ccc(OCCNC(=O)C(C)(C)c2ccccc2Cl)cc1)Nc1ccccc1C(=O)c1ccccc1. The van der Waals surface area contributed by atoms with Crippen LogP contribution in [-0.2, 0) is 26.2 Å². The van der Waals surface area contributed by atoms with Gasteiger partial charge in [-0.05, 0) is 55.3 Å². The maximum absolute atomic E-state index is 13.2. The van der Waals surface area contributed by atoms with Gasteiger partial charge in [-0.1, -0.05) is 84.4 Å². The Balaban J connectivity index is 1.34. The Hall–Kier alpha value is -4.62. The van der Waals surface area contributed by atoms with Gasteiger partial charge in [-0.15, -0.1) is 0 Å². The molecule has 0 radical (unpaired) electrons. The monoisotopic (exact) mass is 598 g/mol. The normalized spacial score (nSPS) is 11.7. The summed E-state index contributed by atoms with van der Waals surface area (Å²) in [6.45, 7) is 4.27. The Morgan fingerprint density at radius 1 is 0.837 bits per heavy atom. The Morgan fingerprint density at radius 2 is 1.49 bits per heavy atom. The highest BCUT2D eigenvalue weighted by atomic mass is 35.5. The van der Waals surface area contributed by atoms with Crippen molar-refractivity contribution in [3.63, 3.8) is 0 Å². The number of methoxy groups -OCH3 is 1. The number of esters is 1. The number of hydrogen-bond donors (Lipinski definition) is 2. The maximum Gasteiger partial charge on any atom is 0.328 e. The average Bonchev–Trinajstić information content (AvgIpc) is 3.03. The zero-order valence-corrected chi connectivity index (χ0v) is 25.2. The molecule has 43 heavy (non-hydrogen) atoms. The average molecular weight is 599 g/mol. The zero-order chi connectivity index (χ0) is 30.8. The van der Waals surface area contributed by atoms with Crippen LogP contribution in [0.2, 0.25) is 5.02 Å². The lowest BCUT2D eigenvalue weighted by atomic mass is 9.83. The Kier molecular flexibility index (Phi) is 10.6. The van der Waals surface area contributed by atoms with Gasteiger partial charge in [-0.2, -0.15) is 0 Å². The standard InChI is InChI=1S/C35H35ClN2O5/c1-35(2,28-14-8-9-15-29(28)36)34(41)37-21-22-43-26-19-17-24(18-20-26)23-31(33(40)42-3)38-30-16-10-7-13-27(30)32(39)25-11-5-4-6-12-25/h4-20,31,38H,21-23H2,1-3H3,(H,37,41). The van der Waals surface area contributed by atoms with Crippen molar-refractivity contribution in [3.05, 3.63) is 130 Å². The number of ketones is 1. The summed E-state index contributed by atoms with van der Waals surface area (Å²) in [5, 5.41) is 6.68. The Labute approximate surface area is 257 Å². The summed E-state index contributed by atoms with van der Waals surface area (Å²) in [4.78, 5) is 38.7. The van der Waals surface area contributed by atoms with Gasteiger partial charge < -0.3 is 20.1 Å². The second-order valence-electron chi connectivity index (χ2n) is 10.5. The minimum Gasteiger partial charge on any atom is -0.492 e. The molecule has 0 heterocycles. The minimum atomic E-state index is -0.792. The Bertz CT molecular complexity index is 1550. The van der Waals surface area contributed by atoms with E-state index in [1.807, 2.05) is 80.6 Å². The van der Waals surface area contributed by atoms with Crippen molar-refractivity contribution in [2.24, 2.45) is 0 Å². The molecule has 1 unspecified atom stereocenters. The second kappa shape index (κ2) is 14.5. The number of hydrogen-bond acceptors (Lipinski definition) is 6. The molecular weight excluding hydrogens is 564 g/mol. The number of amides is 1. The lowest BCUT2D eigenvalue weighted by Gasteiger charge is -2.25. The number of para-hydroxylation sites is 1. The molecule has 8 heteroatoms. The Morgan fingerprint density at radius 3 is 2.19 bits per heavy atom. The fraction of sp³-hybridized carbons (Fsp3) is 0.229. The van der Waals surface area contributed by atoms with E-state index in [0.29, 0.717) is 40.6 Å². The van der Waals surface area contributed by atoms with Crippen LogP contribution in [0.25, 0.3) is 0 Å². The maximum atomic E-state index is 13.2. The number of halogens is 1. The number of rotatable bonds is 13. The highest BCUT2D eigenvalue weighted by Crippen LogP contribution is 2.30. The first-order valence-corrected chi connectivity index (χ1v) is 14.4. The smallest absolute Gasteiger partial charge is 0.328 e. The van der Waals surface area contributed by atoms with Gasteiger partial charge in [0.25, 0.3) is 0 Å². The molecule has 0 aliphatic rings. The van der Waals surface area contributed by atoms with E-state index in [1.165, 1.54) is 7.11 Å². The fourth-order valence-corrected chi connectivity index (χ4v) is 5.05. The summed E-state index contributed by atoms with van der Waals surface area (Å²) in [5.41, 5.74) is 2.42. The van der Waals surface area contributed by atoms with Gasteiger partial charge in [-0.25, -0.2) is 4.79 Å². The first kappa shape index (κ1) is 31.3. The van der Waals surface area contributed by atoms with Crippen molar-refractivity contribution in [2.75, 3.05) is 25.6 Å². The molecule has 0 fully saturated rings. The van der Waals surface area contributed by atoms with E-state index >= 15 is 0 Å². The van der Waals surface area contributed by atoms with Gasteiger partial charge in [0.15, 0.2) is 5.78 Å². The van der Waals surface area contributed by atoms with Crippen LogP contribution >= 0.6 is 11.6 Å². The summed E-state index contributed by atoms with van der Waals surface area (Å²) < 4.78 is 10.9. The topological polar surface area (TPSA) is 93.7 Å². The molecule has 222 valence electrons. The van der Waals surface area contributed by atoms with E-state index in [-0.39, 0.29) is 18.3 Å². The van der Waals surface area contributed by atoms with Crippen molar-refractivity contribution < 1.29 is 23.9 Å². The van der Waals surface area contributed by atoms with Crippen molar-refractivity contribution in [2.45, 2.75) is 31.7 Å². The molecule has 2 N–H and O–H groups in total. The fourth-order valence-electron chi connectivity index (χ4n) is 4.68. The first-order valence-electron chi connectivity index (χ1n) is 14.0. The number of anilines is 1. The number of nitrogens with one attached hydrogen (secondary N) is 2. The molecule has 4 aromatic carbocycles. The third-order valence-electron chi connectivity index (χ3n) is 7.16. The number of benzene rings is 4. The van der Waals surface area contributed by atoms with E-state index in [4.69, 9.17) is 21.1 Å². The molecule has 0 bridgehead atoms. The van der Waals surface area contributed by atoms with Crippen LogP contribution in [-0.4, -0.2) is 44.0 Å². The number of carbonyl (C=O) groups excluding carboxylic acids is 3. The van der Waals surface area contributed by atoms with Crippen molar-refractivity contribution >= 4 is 34.9 Å². The van der Waals surface area contributed by atoms with Gasteiger partial charge in [-0.3, -0.25) is 9.59 Å². The van der Waals surface area contributed by atoms with Crippen LogP contribution in [0.15, 0.2) is 103 Å². The number of ether oxygens (including phenoxy) is 2. The van der Waals surface area contributed by atoms with Crippen LogP contribution in [0, 0.1) is 0 Å². The van der Waals surface area contributed by atoms with Crippen molar-refractivity contribution in [1.29, 1.82) is 0 Å². The quantitative estimate of drug-likeness (QED) is 0.107. The molecule has 0 aliphatic heterocycles. The van der Waals surface area contributed by atoms with E-state index in [1.54, 1.807) is 36.4 Å². The molecular formula is C35H35ClN2O5. The van der Waals surface area contributed by atoms with Crippen LogP contribution in [0.4, 0.5) is 5.69 Å². The van der Waals surface area contributed by atoms with Crippen LogP contribution < -0.4 is 15.4 Å². The van der Waals surface area contributed by atoms with Crippen LogP contribution in [0.1, 0.15) is 40.9 Å². The number of carbonyl (C=O) groups is 3. The predicted molar refractivity (Wildman–Crippen MR) is 169 cm³/mol. The summed E-state index contributed by atoms with van der Waals surface area (Å²) in [6.07, 6.45) is 0.327. The predicted octanol–water partition coefficient (Wildman–Crippen LogP) is 6.24. The molecule has 0 saturated carbocycles. The van der Waals surface area contributed by atoms with Gasteiger partial charge in [0.1, 0.15) is 18.4 Å². The van der Waals surface area contributed by atoms with E-state index in [9.17, 15) is 14.4 Å². The lowest BCUT2D eigenvalue weighted by Crippen LogP contribution is -2.41. The van der Waals surface area contributed by atoms with Gasteiger partial charge in [0, 0.05) is 28.3 Å². The molecule has 1 atom stereocenters. The molecule has 4 rings (SSSR count). The summed E-state index contributed by atoms with van der Waals surface area (Å²) in [7, 11) is 1.34. The van der Waals surface area contributed by atoms with E-state index in [2.05, 4.69) is 10.6 Å². The highest BCUT2D eigenvalue weighted by Gasteiger charge is 2.31. The highest BCUT2D eigenvalue weighted by molar-refractivity contribution is 6.31. The van der Waals surface area contributed by atoms with Crippen LogP contribution in [0.3, 0.4) is 0 Å². The summed E-state index contributed by atoms with van der Waals surface area (Å²) in [6, 6.07) is 30.1. The first-order chi connectivity index (χ1) is 20.7. The molecule has 1 amide bonds.